The normalized spacial score (nSPS) is 20.2. The average Bonchev–Trinajstić information content (AvgIpc) is 3.30. The molecule has 1 amide bonds. The maximum absolute atomic E-state index is 12.8. The zero-order valence-electron chi connectivity index (χ0n) is 17.9. The van der Waals surface area contributed by atoms with E-state index in [0.717, 1.165) is 24.9 Å². The van der Waals surface area contributed by atoms with Crippen LogP contribution in [-0.4, -0.2) is 48.3 Å². The first-order valence-corrected chi connectivity index (χ1v) is 11.0. The molecule has 1 aliphatic heterocycles. The lowest BCUT2D eigenvalue weighted by Crippen LogP contribution is -2.40. The van der Waals surface area contributed by atoms with E-state index in [9.17, 15) is 4.79 Å². The maximum atomic E-state index is 12.8. The molecule has 2 aromatic rings. The standard InChI is InChI=1S/C23H31N3O4/c1-28-19-11-10-17(14-20(19)29-2)22-24-23(30-25-22)18-9-6-12-26(15-18)21(27)13-16-7-4-3-5-8-16/h10-11,14,16,18H,3-9,12-13,15H2,1-2H3/t18-/m0/s1. The number of amides is 1. The summed E-state index contributed by atoms with van der Waals surface area (Å²) in [5, 5.41) is 4.17. The topological polar surface area (TPSA) is 77.7 Å². The van der Waals surface area contributed by atoms with Crippen molar-refractivity contribution in [2.75, 3.05) is 27.3 Å². The number of hydrogen-bond donors (Lipinski definition) is 0. The molecule has 0 N–H and O–H groups in total. The Kier molecular flexibility index (Phi) is 6.55. The van der Waals surface area contributed by atoms with E-state index in [-0.39, 0.29) is 11.8 Å². The molecule has 2 heterocycles. The van der Waals surface area contributed by atoms with Crippen LogP contribution in [0.4, 0.5) is 0 Å². The third kappa shape index (κ3) is 4.60. The Morgan fingerprint density at radius 2 is 1.90 bits per heavy atom. The van der Waals surface area contributed by atoms with Gasteiger partial charge in [-0.1, -0.05) is 24.4 Å². The second kappa shape index (κ2) is 9.49. The van der Waals surface area contributed by atoms with Gasteiger partial charge in [-0.05, 0) is 49.8 Å². The molecule has 7 heteroatoms. The molecule has 1 aromatic carbocycles. The third-order valence-corrected chi connectivity index (χ3v) is 6.39. The van der Waals surface area contributed by atoms with E-state index in [4.69, 9.17) is 14.0 Å². The van der Waals surface area contributed by atoms with Crippen molar-refractivity contribution < 1.29 is 18.8 Å². The van der Waals surface area contributed by atoms with Gasteiger partial charge < -0.3 is 18.9 Å². The van der Waals surface area contributed by atoms with E-state index < -0.39 is 0 Å². The van der Waals surface area contributed by atoms with E-state index in [2.05, 4.69) is 10.1 Å². The van der Waals surface area contributed by atoms with Crippen molar-refractivity contribution in [2.24, 2.45) is 5.92 Å². The number of likely N-dealkylation sites (tertiary alicyclic amines) is 1. The third-order valence-electron chi connectivity index (χ3n) is 6.39. The number of carbonyl (C=O) groups excluding carboxylic acids is 1. The molecule has 2 aliphatic rings. The molecule has 0 unspecified atom stereocenters. The molecular formula is C23H31N3O4. The summed E-state index contributed by atoms with van der Waals surface area (Å²) in [6.45, 7) is 1.50. The average molecular weight is 414 g/mol. The molecule has 30 heavy (non-hydrogen) atoms. The number of hydrogen-bond acceptors (Lipinski definition) is 6. The van der Waals surface area contributed by atoms with E-state index in [0.29, 0.717) is 42.1 Å². The van der Waals surface area contributed by atoms with Crippen LogP contribution in [0.15, 0.2) is 22.7 Å². The highest BCUT2D eigenvalue weighted by atomic mass is 16.5. The molecule has 0 bridgehead atoms. The van der Waals surface area contributed by atoms with Gasteiger partial charge in [-0.2, -0.15) is 4.98 Å². The van der Waals surface area contributed by atoms with Crippen molar-refractivity contribution >= 4 is 5.91 Å². The minimum absolute atomic E-state index is 0.0930. The quantitative estimate of drug-likeness (QED) is 0.697. The van der Waals surface area contributed by atoms with Gasteiger partial charge in [-0.25, -0.2) is 0 Å². The molecule has 1 aliphatic carbocycles. The van der Waals surface area contributed by atoms with Gasteiger partial charge in [-0.3, -0.25) is 4.79 Å². The van der Waals surface area contributed by atoms with Crippen LogP contribution in [0.25, 0.3) is 11.4 Å². The maximum Gasteiger partial charge on any atom is 0.231 e. The van der Waals surface area contributed by atoms with Gasteiger partial charge in [0.2, 0.25) is 17.6 Å². The molecular weight excluding hydrogens is 382 g/mol. The summed E-state index contributed by atoms with van der Waals surface area (Å²) in [6.07, 6.45) is 8.85. The largest absolute Gasteiger partial charge is 0.493 e. The Hall–Kier alpha value is -2.57. The predicted molar refractivity (Wildman–Crippen MR) is 113 cm³/mol. The molecule has 0 spiro atoms. The SMILES string of the molecule is COc1ccc(-c2noc([C@H]3CCCN(C(=O)CC4CCCCC4)C3)n2)cc1OC. The second-order valence-electron chi connectivity index (χ2n) is 8.41. The Labute approximate surface area is 177 Å². The minimum atomic E-state index is 0.0930. The van der Waals surface area contributed by atoms with E-state index in [1.165, 1.54) is 32.1 Å². The van der Waals surface area contributed by atoms with E-state index in [1.54, 1.807) is 14.2 Å². The number of nitrogens with zero attached hydrogens (tertiary/aromatic N) is 3. The molecule has 1 atom stereocenters. The van der Waals surface area contributed by atoms with Gasteiger partial charge in [-0.15, -0.1) is 0 Å². The lowest BCUT2D eigenvalue weighted by Gasteiger charge is -2.32. The number of ether oxygens (including phenoxy) is 2. The second-order valence-corrected chi connectivity index (χ2v) is 8.41. The molecule has 1 saturated carbocycles. The van der Waals surface area contributed by atoms with Gasteiger partial charge in [0, 0.05) is 25.1 Å². The van der Waals surface area contributed by atoms with Crippen molar-refractivity contribution in [3.63, 3.8) is 0 Å². The fourth-order valence-corrected chi connectivity index (χ4v) is 4.67. The van der Waals surface area contributed by atoms with Gasteiger partial charge in [0.15, 0.2) is 11.5 Å². The monoisotopic (exact) mass is 413 g/mol. The van der Waals surface area contributed by atoms with Crippen molar-refractivity contribution in [3.8, 4) is 22.9 Å². The molecule has 162 valence electrons. The van der Waals surface area contributed by atoms with Crippen LogP contribution in [0.2, 0.25) is 0 Å². The van der Waals surface area contributed by atoms with Crippen LogP contribution in [0, 0.1) is 5.92 Å². The molecule has 1 aromatic heterocycles. The minimum Gasteiger partial charge on any atom is -0.493 e. The van der Waals surface area contributed by atoms with E-state index in [1.807, 2.05) is 23.1 Å². The molecule has 0 radical (unpaired) electrons. The smallest absolute Gasteiger partial charge is 0.231 e. The zero-order valence-corrected chi connectivity index (χ0v) is 17.9. The Balaban J connectivity index is 1.42. The lowest BCUT2D eigenvalue weighted by atomic mass is 9.86. The summed E-state index contributed by atoms with van der Waals surface area (Å²) >= 11 is 0. The highest BCUT2D eigenvalue weighted by Crippen LogP contribution is 2.33. The summed E-state index contributed by atoms with van der Waals surface area (Å²) in [7, 11) is 3.21. The summed E-state index contributed by atoms with van der Waals surface area (Å²) in [5.41, 5.74) is 0.809. The van der Waals surface area contributed by atoms with Gasteiger partial charge in [0.25, 0.3) is 0 Å². The zero-order chi connectivity index (χ0) is 20.9. The Morgan fingerprint density at radius 1 is 1.10 bits per heavy atom. The molecule has 4 rings (SSSR count). The van der Waals surface area contributed by atoms with Gasteiger partial charge >= 0.3 is 0 Å². The van der Waals surface area contributed by atoms with Gasteiger partial charge in [0.05, 0.1) is 20.1 Å². The van der Waals surface area contributed by atoms with Crippen LogP contribution >= 0.6 is 0 Å². The fourth-order valence-electron chi connectivity index (χ4n) is 4.67. The Morgan fingerprint density at radius 3 is 2.67 bits per heavy atom. The fraction of sp³-hybridized carbons (Fsp3) is 0.609. The number of carbonyl (C=O) groups is 1. The first-order valence-electron chi connectivity index (χ1n) is 11.0. The lowest BCUT2D eigenvalue weighted by molar-refractivity contribution is -0.133. The van der Waals surface area contributed by atoms with Crippen LogP contribution in [0.5, 0.6) is 11.5 Å². The highest BCUT2D eigenvalue weighted by molar-refractivity contribution is 5.76. The summed E-state index contributed by atoms with van der Waals surface area (Å²) < 4.78 is 16.3. The molecule has 7 nitrogen and oxygen atoms in total. The molecule has 2 fully saturated rings. The van der Waals surface area contributed by atoms with Crippen molar-refractivity contribution in [1.29, 1.82) is 0 Å². The van der Waals surface area contributed by atoms with Crippen LogP contribution in [-0.2, 0) is 4.79 Å². The number of rotatable bonds is 6. The van der Waals surface area contributed by atoms with Crippen LogP contribution in [0.3, 0.4) is 0 Å². The predicted octanol–water partition coefficient (Wildman–Crippen LogP) is 4.43. The molecule has 1 saturated heterocycles. The van der Waals surface area contributed by atoms with Crippen LogP contribution < -0.4 is 9.47 Å². The number of piperidine rings is 1. The van der Waals surface area contributed by atoms with E-state index >= 15 is 0 Å². The first-order chi connectivity index (χ1) is 14.7. The van der Waals surface area contributed by atoms with Gasteiger partial charge in [0.1, 0.15) is 0 Å². The van der Waals surface area contributed by atoms with Crippen molar-refractivity contribution in [2.45, 2.75) is 57.3 Å². The number of benzene rings is 1. The highest BCUT2D eigenvalue weighted by Gasteiger charge is 2.30. The summed E-state index contributed by atoms with van der Waals surface area (Å²) in [4.78, 5) is 19.5. The number of aromatic nitrogens is 2. The summed E-state index contributed by atoms with van der Waals surface area (Å²) in [6, 6.07) is 5.56. The van der Waals surface area contributed by atoms with Crippen molar-refractivity contribution in [3.05, 3.63) is 24.1 Å². The first kappa shape index (κ1) is 20.7. The van der Waals surface area contributed by atoms with Crippen LogP contribution in [0.1, 0.15) is 63.2 Å². The van der Waals surface area contributed by atoms with Crippen molar-refractivity contribution in [1.82, 2.24) is 15.0 Å². The Bertz CT molecular complexity index is 860. The summed E-state index contributed by atoms with van der Waals surface area (Å²) in [5.74, 6) is 3.35. The number of methoxy groups -OCH3 is 2.